The molecule has 20 heavy (non-hydrogen) atoms. The summed E-state index contributed by atoms with van der Waals surface area (Å²) in [6, 6.07) is 20.0. The summed E-state index contributed by atoms with van der Waals surface area (Å²) < 4.78 is 0. The highest BCUT2D eigenvalue weighted by atomic mass is 16.3. The molecule has 0 unspecified atom stereocenters. The summed E-state index contributed by atoms with van der Waals surface area (Å²) in [7, 11) is 0. The second-order valence-corrected chi connectivity index (χ2v) is 5.28. The third-order valence-electron chi connectivity index (χ3n) is 3.46. The van der Waals surface area contributed by atoms with E-state index < -0.39 is 5.54 Å². The van der Waals surface area contributed by atoms with Gasteiger partial charge in [0.15, 0.2) is 0 Å². The number of rotatable bonds is 6. The fourth-order valence-corrected chi connectivity index (χ4v) is 2.14. The molecular weight excluding hydrogens is 250 g/mol. The van der Waals surface area contributed by atoms with Crippen molar-refractivity contribution < 1.29 is 10.2 Å². The molecule has 0 spiro atoms. The predicted molar refractivity (Wildman–Crippen MR) is 80.4 cm³/mol. The van der Waals surface area contributed by atoms with E-state index in [1.807, 2.05) is 67.6 Å². The minimum atomic E-state index is -0.726. The Labute approximate surface area is 119 Å². The van der Waals surface area contributed by atoms with Crippen molar-refractivity contribution in [1.29, 1.82) is 0 Å². The molecule has 0 atom stereocenters. The van der Waals surface area contributed by atoms with Gasteiger partial charge in [-0.05, 0) is 18.1 Å². The van der Waals surface area contributed by atoms with Gasteiger partial charge in [0.1, 0.15) is 0 Å². The normalized spacial score (nSPS) is 11.8. The largest absolute Gasteiger partial charge is 0.394 e. The monoisotopic (exact) mass is 271 g/mol. The standard InChI is InChI=1S/C17H21NO2/c1-17(12-19,13-20)18-16(14-8-4-2-5-9-14)15-10-6-3-7-11-15/h2-11,16,18-20H,12-13H2,1H3. The van der Waals surface area contributed by atoms with Crippen molar-refractivity contribution in [3.63, 3.8) is 0 Å². The first-order valence-corrected chi connectivity index (χ1v) is 6.78. The average molecular weight is 271 g/mol. The SMILES string of the molecule is CC(CO)(CO)NC(c1ccccc1)c1ccccc1. The Morgan fingerprint density at radius 3 is 1.60 bits per heavy atom. The van der Waals surface area contributed by atoms with Crippen molar-refractivity contribution in [2.24, 2.45) is 0 Å². The highest BCUT2D eigenvalue weighted by Gasteiger charge is 2.27. The van der Waals surface area contributed by atoms with Crippen LogP contribution in [0.5, 0.6) is 0 Å². The third kappa shape index (κ3) is 3.45. The van der Waals surface area contributed by atoms with Crippen LogP contribution in [0.15, 0.2) is 60.7 Å². The number of aliphatic hydroxyl groups is 2. The zero-order valence-corrected chi connectivity index (χ0v) is 11.7. The summed E-state index contributed by atoms with van der Waals surface area (Å²) in [6.45, 7) is 1.56. The van der Waals surface area contributed by atoms with Crippen LogP contribution < -0.4 is 5.32 Å². The Morgan fingerprint density at radius 1 is 0.850 bits per heavy atom. The zero-order valence-electron chi connectivity index (χ0n) is 11.7. The van der Waals surface area contributed by atoms with Gasteiger partial charge in [0.25, 0.3) is 0 Å². The molecule has 3 heteroatoms. The van der Waals surface area contributed by atoms with Crippen LogP contribution in [-0.2, 0) is 0 Å². The molecule has 0 bridgehead atoms. The van der Waals surface area contributed by atoms with Crippen molar-refractivity contribution in [3.05, 3.63) is 71.8 Å². The molecule has 3 N–H and O–H groups in total. The second-order valence-electron chi connectivity index (χ2n) is 5.28. The van der Waals surface area contributed by atoms with Crippen LogP contribution in [0.2, 0.25) is 0 Å². The van der Waals surface area contributed by atoms with Crippen molar-refractivity contribution in [2.75, 3.05) is 13.2 Å². The van der Waals surface area contributed by atoms with Crippen LogP contribution >= 0.6 is 0 Å². The topological polar surface area (TPSA) is 52.5 Å². The first kappa shape index (κ1) is 14.7. The van der Waals surface area contributed by atoms with E-state index in [1.165, 1.54) is 0 Å². The van der Waals surface area contributed by atoms with Gasteiger partial charge < -0.3 is 10.2 Å². The Hall–Kier alpha value is -1.68. The molecule has 0 aromatic heterocycles. The summed E-state index contributed by atoms with van der Waals surface area (Å²) in [6.07, 6.45) is 0. The highest BCUT2D eigenvalue weighted by molar-refractivity contribution is 5.32. The second kappa shape index (κ2) is 6.66. The molecule has 0 saturated carbocycles. The molecule has 2 aromatic rings. The lowest BCUT2D eigenvalue weighted by Gasteiger charge is -2.32. The van der Waals surface area contributed by atoms with Gasteiger partial charge in [0, 0.05) is 0 Å². The van der Waals surface area contributed by atoms with Crippen LogP contribution in [0.1, 0.15) is 24.1 Å². The van der Waals surface area contributed by atoms with Crippen molar-refractivity contribution in [3.8, 4) is 0 Å². The molecule has 0 aliphatic carbocycles. The van der Waals surface area contributed by atoms with Crippen LogP contribution in [0.3, 0.4) is 0 Å². The Kier molecular flexibility index (Phi) is 4.90. The molecule has 2 rings (SSSR count). The molecule has 2 aromatic carbocycles. The van der Waals surface area contributed by atoms with Gasteiger partial charge in [0.05, 0.1) is 24.8 Å². The van der Waals surface area contributed by atoms with E-state index in [0.717, 1.165) is 11.1 Å². The van der Waals surface area contributed by atoms with Gasteiger partial charge in [-0.2, -0.15) is 0 Å². The fraction of sp³-hybridized carbons (Fsp3) is 0.294. The summed E-state index contributed by atoms with van der Waals surface area (Å²) in [4.78, 5) is 0. The summed E-state index contributed by atoms with van der Waals surface area (Å²) >= 11 is 0. The van der Waals surface area contributed by atoms with E-state index in [2.05, 4.69) is 5.32 Å². The van der Waals surface area contributed by atoms with E-state index in [4.69, 9.17) is 0 Å². The smallest absolute Gasteiger partial charge is 0.0633 e. The molecule has 3 nitrogen and oxygen atoms in total. The molecule has 0 radical (unpaired) electrons. The molecule has 0 saturated heterocycles. The van der Waals surface area contributed by atoms with Gasteiger partial charge in [0.2, 0.25) is 0 Å². The maximum Gasteiger partial charge on any atom is 0.0633 e. The molecule has 106 valence electrons. The van der Waals surface area contributed by atoms with Gasteiger partial charge in [-0.15, -0.1) is 0 Å². The van der Waals surface area contributed by atoms with Crippen molar-refractivity contribution >= 4 is 0 Å². The maximum absolute atomic E-state index is 9.51. The summed E-state index contributed by atoms with van der Waals surface area (Å²) in [5, 5.41) is 22.4. The Bertz CT molecular complexity index is 470. The average Bonchev–Trinajstić information content (AvgIpc) is 2.54. The number of hydrogen-bond acceptors (Lipinski definition) is 3. The van der Waals surface area contributed by atoms with E-state index >= 15 is 0 Å². The van der Waals surface area contributed by atoms with Crippen LogP contribution in [0, 0.1) is 0 Å². The number of nitrogens with one attached hydrogen (secondary N) is 1. The van der Waals surface area contributed by atoms with Gasteiger partial charge in [-0.25, -0.2) is 0 Å². The van der Waals surface area contributed by atoms with Gasteiger partial charge in [-0.3, -0.25) is 5.32 Å². The molecule has 0 aliphatic rings. The fourth-order valence-electron chi connectivity index (χ4n) is 2.14. The highest BCUT2D eigenvalue weighted by Crippen LogP contribution is 2.24. The molecule has 0 aliphatic heterocycles. The number of aliphatic hydroxyl groups excluding tert-OH is 2. The predicted octanol–water partition coefficient (Wildman–Crippen LogP) is 2.11. The van der Waals surface area contributed by atoms with E-state index in [9.17, 15) is 10.2 Å². The third-order valence-corrected chi connectivity index (χ3v) is 3.46. The lowest BCUT2D eigenvalue weighted by molar-refractivity contribution is 0.0978. The van der Waals surface area contributed by atoms with E-state index in [0.29, 0.717) is 0 Å². The van der Waals surface area contributed by atoms with Crippen LogP contribution in [0.4, 0.5) is 0 Å². The van der Waals surface area contributed by atoms with E-state index in [-0.39, 0.29) is 19.3 Å². The first-order valence-electron chi connectivity index (χ1n) is 6.78. The molecule has 0 amide bonds. The minimum Gasteiger partial charge on any atom is -0.394 e. The quantitative estimate of drug-likeness (QED) is 0.754. The van der Waals surface area contributed by atoms with Crippen molar-refractivity contribution in [2.45, 2.75) is 18.5 Å². The zero-order chi connectivity index (χ0) is 14.4. The van der Waals surface area contributed by atoms with Gasteiger partial charge in [-0.1, -0.05) is 60.7 Å². The number of benzene rings is 2. The van der Waals surface area contributed by atoms with Crippen LogP contribution in [0.25, 0.3) is 0 Å². The van der Waals surface area contributed by atoms with Crippen LogP contribution in [-0.4, -0.2) is 29.0 Å². The first-order chi connectivity index (χ1) is 9.68. The number of hydrogen-bond donors (Lipinski definition) is 3. The van der Waals surface area contributed by atoms with Crippen molar-refractivity contribution in [1.82, 2.24) is 5.32 Å². The summed E-state index contributed by atoms with van der Waals surface area (Å²) in [5.41, 5.74) is 1.48. The Balaban J connectivity index is 2.35. The Morgan fingerprint density at radius 2 is 1.25 bits per heavy atom. The van der Waals surface area contributed by atoms with E-state index in [1.54, 1.807) is 0 Å². The lowest BCUT2D eigenvalue weighted by atomic mass is 9.94. The molecule has 0 heterocycles. The van der Waals surface area contributed by atoms with Gasteiger partial charge >= 0.3 is 0 Å². The summed E-state index contributed by atoms with van der Waals surface area (Å²) in [5.74, 6) is 0. The molecular formula is C17H21NO2. The maximum atomic E-state index is 9.51. The molecule has 0 fully saturated rings. The lowest BCUT2D eigenvalue weighted by Crippen LogP contribution is -2.50. The minimum absolute atomic E-state index is 0.0679.